The molecule has 88 valence electrons. The van der Waals surface area contributed by atoms with Crippen molar-refractivity contribution in [1.29, 1.82) is 0 Å². The monoisotopic (exact) mass is 231 g/mol. The first-order chi connectivity index (χ1) is 8.29. The second-order valence-corrected chi connectivity index (χ2v) is 3.70. The molecule has 1 N–H and O–H groups in total. The van der Waals surface area contributed by atoms with Crippen molar-refractivity contribution in [2.75, 3.05) is 11.9 Å². The molecule has 0 radical (unpaired) electrons. The molecule has 3 nitrogen and oxygen atoms in total. The van der Waals surface area contributed by atoms with Crippen molar-refractivity contribution in [1.82, 2.24) is 9.97 Å². The van der Waals surface area contributed by atoms with Crippen LogP contribution in [0.4, 0.5) is 10.3 Å². The molecule has 0 atom stereocenters. The molecule has 0 fully saturated rings. The van der Waals surface area contributed by atoms with Gasteiger partial charge in [-0.2, -0.15) is 0 Å². The van der Waals surface area contributed by atoms with Crippen LogP contribution in [-0.4, -0.2) is 16.5 Å². The summed E-state index contributed by atoms with van der Waals surface area (Å²) in [7, 11) is 0. The van der Waals surface area contributed by atoms with Gasteiger partial charge < -0.3 is 5.32 Å². The Morgan fingerprint density at radius 2 is 1.94 bits per heavy atom. The van der Waals surface area contributed by atoms with Crippen LogP contribution in [0.2, 0.25) is 0 Å². The Morgan fingerprint density at radius 3 is 2.65 bits per heavy atom. The van der Waals surface area contributed by atoms with E-state index in [9.17, 15) is 4.39 Å². The molecule has 0 unspecified atom stereocenters. The maximum Gasteiger partial charge on any atom is 0.223 e. The number of halogens is 1. The highest BCUT2D eigenvalue weighted by atomic mass is 19.1. The van der Waals surface area contributed by atoms with Crippen molar-refractivity contribution in [2.24, 2.45) is 0 Å². The van der Waals surface area contributed by atoms with E-state index in [2.05, 4.69) is 22.2 Å². The van der Waals surface area contributed by atoms with Gasteiger partial charge in [-0.05, 0) is 36.8 Å². The lowest BCUT2D eigenvalue weighted by Gasteiger charge is -2.05. The fourth-order valence-electron chi connectivity index (χ4n) is 1.46. The zero-order chi connectivity index (χ0) is 12.1. The lowest BCUT2D eigenvalue weighted by Crippen LogP contribution is -2.04. The van der Waals surface area contributed by atoms with Crippen molar-refractivity contribution in [3.05, 3.63) is 42.3 Å². The highest BCUT2D eigenvalue weighted by Crippen LogP contribution is 2.17. The van der Waals surface area contributed by atoms with Crippen LogP contribution in [0.3, 0.4) is 0 Å². The average Bonchev–Trinajstić information content (AvgIpc) is 2.37. The van der Waals surface area contributed by atoms with Crippen LogP contribution in [0.15, 0.2) is 36.5 Å². The summed E-state index contributed by atoms with van der Waals surface area (Å²) in [5, 5.41) is 3.12. The second kappa shape index (κ2) is 5.39. The molecule has 0 spiro atoms. The van der Waals surface area contributed by atoms with Crippen LogP contribution in [0.25, 0.3) is 11.3 Å². The van der Waals surface area contributed by atoms with E-state index in [1.165, 1.54) is 12.1 Å². The van der Waals surface area contributed by atoms with Crippen LogP contribution in [0.5, 0.6) is 0 Å². The topological polar surface area (TPSA) is 37.8 Å². The molecule has 1 aromatic heterocycles. The van der Waals surface area contributed by atoms with E-state index in [0.29, 0.717) is 5.95 Å². The maximum atomic E-state index is 12.8. The molecule has 17 heavy (non-hydrogen) atoms. The van der Waals surface area contributed by atoms with Gasteiger partial charge in [0.1, 0.15) is 5.82 Å². The first-order valence-electron chi connectivity index (χ1n) is 5.62. The Bertz CT molecular complexity index is 482. The number of rotatable bonds is 4. The normalized spacial score (nSPS) is 10.2. The van der Waals surface area contributed by atoms with Crippen molar-refractivity contribution < 1.29 is 4.39 Å². The summed E-state index contributed by atoms with van der Waals surface area (Å²) in [6.07, 6.45) is 2.72. The number of nitrogens with one attached hydrogen (secondary N) is 1. The third-order valence-corrected chi connectivity index (χ3v) is 2.33. The Morgan fingerprint density at radius 1 is 1.18 bits per heavy atom. The van der Waals surface area contributed by atoms with Gasteiger partial charge in [0.15, 0.2) is 0 Å². The van der Waals surface area contributed by atoms with Gasteiger partial charge in [0.05, 0.1) is 5.69 Å². The van der Waals surface area contributed by atoms with Crippen LogP contribution in [0.1, 0.15) is 13.3 Å². The molecule has 0 amide bonds. The van der Waals surface area contributed by atoms with Gasteiger partial charge in [-0.15, -0.1) is 0 Å². The standard InChI is InChI=1S/C13H14FN3/c1-2-8-15-13-16-9-7-12(17-13)10-3-5-11(14)6-4-10/h3-7,9H,2,8H2,1H3,(H,15,16,17). The molecule has 0 saturated carbocycles. The number of hydrogen-bond donors (Lipinski definition) is 1. The third-order valence-electron chi connectivity index (χ3n) is 2.33. The molecule has 0 bridgehead atoms. The van der Waals surface area contributed by atoms with Crippen LogP contribution >= 0.6 is 0 Å². The van der Waals surface area contributed by atoms with E-state index in [-0.39, 0.29) is 5.82 Å². The van der Waals surface area contributed by atoms with E-state index >= 15 is 0 Å². The summed E-state index contributed by atoms with van der Waals surface area (Å²) >= 11 is 0. The molecular weight excluding hydrogens is 217 g/mol. The minimum Gasteiger partial charge on any atom is -0.354 e. The largest absolute Gasteiger partial charge is 0.354 e. The summed E-state index contributed by atoms with van der Waals surface area (Å²) in [5.74, 6) is 0.362. The second-order valence-electron chi connectivity index (χ2n) is 3.70. The smallest absolute Gasteiger partial charge is 0.223 e. The molecular formula is C13H14FN3. The van der Waals surface area contributed by atoms with Crippen LogP contribution < -0.4 is 5.32 Å². The molecule has 2 aromatic rings. The van der Waals surface area contributed by atoms with Crippen molar-refractivity contribution in [3.8, 4) is 11.3 Å². The minimum atomic E-state index is -0.243. The van der Waals surface area contributed by atoms with Crippen LogP contribution in [0, 0.1) is 5.82 Å². The number of hydrogen-bond acceptors (Lipinski definition) is 3. The molecule has 1 heterocycles. The fourth-order valence-corrected chi connectivity index (χ4v) is 1.46. The predicted octanol–water partition coefficient (Wildman–Crippen LogP) is 3.10. The molecule has 0 aliphatic rings. The Balaban J connectivity index is 2.23. The number of benzene rings is 1. The summed E-state index contributed by atoms with van der Waals surface area (Å²) in [5.41, 5.74) is 1.67. The zero-order valence-electron chi connectivity index (χ0n) is 9.65. The maximum absolute atomic E-state index is 12.8. The van der Waals surface area contributed by atoms with Gasteiger partial charge in [0.2, 0.25) is 5.95 Å². The van der Waals surface area contributed by atoms with Gasteiger partial charge in [-0.1, -0.05) is 6.92 Å². The van der Waals surface area contributed by atoms with E-state index in [1.807, 2.05) is 6.07 Å². The number of nitrogens with zero attached hydrogens (tertiary/aromatic N) is 2. The Labute approximate surface area is 99.7 Å². The van der Waals surface area contributed by atoms with Gasteiger partial charge in [-0.3, -0.25) is 0 Å². The number of aromatic nitrogens is 2. The quantitative estimate of drug-likeness (QED) is 0.878. The highest BCUT2D eigenvalue weighted by Gasteiger charge is 2.01. The van der Waals surface area contributed by atoms with Crippen molar-refractivity contribution in [2.45, 2.75) is 13.3 Å². The highest BCUT2D eigenvalue weighted by molar-refractivity contribution is 5.59. The first kappa shape index (κ1) is 11.5. The zero-order valence-corrected chi connectivity index (χ0v) is 9.65. The third kappa shape index (κ3) is 3.00. The first-order valence-corrected chi connectivity index (χ1v) is 5.62. The summed E-state index contributed by atoms with van der Waals surface area (Å²) in [6.45, 7) is 2.92. The van der Waals surface area contributed by atoms with E-state index in [4.69, 9.17) is 0 Å². The molecule has 0 aliphatic heterocycles. The summed E-state index contributed by atoms with van der Waals surface area (Å²) < 4.78 is 12.8. The molecule has 0 aliphatic carbocycles. The molecule has 1 aromatic carbocycles. The van der Waals surface area contributed by atoms with Gasteiger partial charge in [-0.25, -0.2) is 14.4 Å². The lowest BCUT2D eigenvalue weighted by atomic mass is 10.1. The van der Waals surface area contributed by atoms with Gasteiger partial charge in [0, 0.05) is 18.3 Å². The summed E-state index contributed by atoms with van der Waals surface area (Å²) in [4.78, 5) is 8.49. The minimum absolute atomic E-state index is 0.243. The average molecular weight is 231 g/mol. The molecule has 2 rings (SSSR count). The van der Waals surface area contributed by atoms with Crippen molar-refractivity contribution >= 4 is 5.95 Å². The lowest BCUT2D eigenvalue weighted by molar-refractivity contribution is 0.628. The SMILES string of the molecule is CCCNc1nccc(-c2ccc(F)cc2)n1. The fraction of sp³-hybridized carbons (Fsp3) is 0.231. The summed E-state index contributed by atoms with van der Waals surface area (Å²) in [6, 6.07) is 8.08. The van der Waals surface area contributed by atoms with Gasteiger partial charge >= 0.3 is 0 Å². The predicted molar refractivity (Wildman–Crippen MR) is 66.2 cm³/mol. The molecule has 4 heteroatoms. The Kier molecular flexibility index (Phi) is 3.65. The van der Waals surface area contributed by atoms with E-state index < -0.39 is 0 Å². The van der Waals surface area contributed by atoms with Crippen LogP contribution in [-0.2, 0) is 0 Å². The number of anilines is 1. The van der Waals surface area contributed by atoms with Gasteiger partial charge in [0.25, 0.3) is 0 Å². The molecule has 0 saturated heterocycles. The van der Waals surface area contributed by atoms with E-state index in [1.54, 1.807) is 18.3 Å². The Hall–Kier alpha value is -1.97. The van der Waals surface area contributed by atoms with E-state index in [0.717, 1.165) is 24.2 Å². The van der Waals surface area contributed by atoms with Crippen molar-refractivity contribution in [3.63, 3.8) is 0 Å².